The molecule has 6 heteroatoms. The van der Waals surface area contributed by atoms with Gasteiger partial charge in [0.25, 0.3) is 0 Å². The summed E-state index contributed by atoms with van der Waals surface area (Å²) in [6.07, 6.45) is 0.727. The van der Waals surface area contributed by atoms with Crippen molar-refractivity contribution < 1.29 is 23.1 Å². The van der Waals surface area contributed by atoms with Crippen LogP contribution in [-0.4, -0.2) is 17.1 Å². The van der Waals surface area contributed by atoms with Gasteiger partial charge in [-0.1, -0.05) is 12.2 Å². The van der Waals surface area contributed by atoms with Crippen molar-refractivity contribution in [1.29, 1.82) is 0 Å². The Morgan fingerprint density at radius 3 is 2.42 bits per heavy atom. The second kappa shape index (κ2) is 4.95. The maximum atomic E-state index is 12.8. The molecular weight excluding hydrogens is 259 g/mol. The SMILES string of the molecule is O=C(O)c1ccc(NC2CC=CC2)cc1C(F)(F)F. The van der Waals surface area contributed by atoms with E-state index < -0.39 is 23.3 Å². The van der Waals surface area contributed by atoms with Crippen LogP contribution in [0.3, 0.4) is 0 Å². The summed E-state index contributed by atoms with van der Waals surface area (Å²) >= 11 is 0. The molecular formula is C13H12F3NO2. The molecule has 0 fully saturated rings. The lowest BCUT2D eigenvalue weighted by Crippen LogP contribution is -2.17. The lowest BCUT2D eigenvalue weighted by molar-refractivity contribution is -0.138. The summed E-state index contributed by atoms with van der Waals surface area (Å²) in [6, 6.07) is 3.26. The Kier molecular flexibility index (Phi) is 3.50. The molecule has 1 aromatic carbocycles. The largest absolute Gasteiger partial charge is 0.478 e. The molecule has 0 saturated carbocycles. The van der Waals surface area contributed by atoms with Gasteiger partial charge in [0.15, 0.2) is 0 Å². The molecule has 1 aliphatic rings. The molecule has 2 rings (SSSR count). The van der Waals surface area contributed by atoms with Crippen molar-refractivity contribution in [3.8, 4) is 0 Å². The summed E-state index contributed by atoms with van der Waals surface area (Å²) in [4.78, 5) is 10.8. The van der Waals surface area contributed by atoms with Crippen molar-refractivity contribution in [2.75, 3.05) is 5.32 Å². The van der Waals surface area contributed by atoms with E-state index in [1.807, 2.05) is 12.2 Å². The first-order valence-corrected chi connectivity index (χ1v) is 5.74. The average Bonchev–Trinajstić information content (AvgIpc) is 2.80. The number of carbonyl (C=O) groups is 1. The molecule has 0 heterocycles. The van der Waals surface area contributed by atoms with Gasteiger partial charge in [0.2, 0.25) is 0 Å². The normalized spacial score (nSPS) is 15.7. The number of nitrogens with one attached hydrogen (secondary N) is 1. The number of hydrogen-bond acceptors (Lipinski definition) is 2. The van der Waals surface area contributed by atoms with E-state index in [4.69, 9.17) is 5.11 Å². The standard InChI is InChI=1S/C13H12F3NO2/c14-13(15,16)11-7-9(5-6-10(11)12(18)19)17-8-3-1-2-4-8/h1-2,5-8,17H,3-4H2,(H,18,19). The van der Waals surface area contributed by atoms with E-state index in [2.05, 4.69) is 5.32 Å². The van der Waals surface area contributed by atoms with Gasteiger partial charge in [-0.2, -0.15) is 13.2 Å². The number of anilines is 1. The second-order valence-corrected chi connectivity index (χ2v) is 4.35. The number of halogens is 3. The molecule has 0 aliphatic heterocycles. The minimum atomic E-state index is -4.68. The molecule has 0 unspecified atom stereocenters. The highest BCUT2D eigenvalue weighted by molar-refractivity contribution is 5.90. The third-order valence-corrected chi connectivity index (χ3v) is 2.93. The predicted molar refractivity (Wildman–Crippen MR) is 64.2 cm³/mol. The summed E-state index contributed by atoms with van der Waals surface area (Å²) in [5.41, 5.74) is -1.58. The Labute approximate surface area is 107 Å². The lowest BCUT2D eigenvalue weighted by Gasteiger charge is -2.16. The van der Waals surface area contributed by atoms with Crippen LogP contribution in [0.25, 0.3) is 0 Å². The van der Waals surface area contributed by atoms with Crippen LogP contribution in [0.15, 0.2) is 30.4 Å². The zero-order valence-corrected chi connectivity index (χ0v) is 9.87. The molecule has 0 aromatic heterocycles. The van der Waals surface area contributed by atoms with E-state index in [0.717, 1.165) is 25.0 Å². The molecule has 1 aliphatic carbocycles. The minimum absolute atomic E-state index is 0.0664. The molecule has 0 spiro atoms. The van der Waals surface area contributed by atoms with Crippen molar-refractivity contribution >= 4 is 11.7 Å². The first-order chi connectivity index (χ1) is 8.88. The van der Waals surface area contributed by atoms with Crippen molar-refractivity contribution in [3.63, 3.8) is 0 Å². The van der Waals surface area contributed by atoms with Gasteiger partial charge >= 0.3 is 12.1 Å². The van der Waals surface area contributed by atoms with E-state index in [9.17, 15) is 18.0 Å². The van der Waals surface area contributed by atoms with Gasteiger partial charge in [0.1, 0.15) is 0 Å². The number of benzene rings is 1. The molecule has 19 heavy (non-hydrogen) atoms. The van der Waals surface area contributed by atoms with Crippen molar-refractivity contribution in [3.05, 3.63) is 41.5 Å². The van der Waals surface area contributed by atoms with E-state index >= 15 is 0 Å². The van der Waals surface area contributed by atoms with Crippen LogP contribution >= 0.6 is 0 Å². The Morgan fingerprint density at radius 1 is 1.26 bits per heavy atom. The van der Waals surface area contributed by atoms with Crippen LogP contribution < -0.4 is 5.32 Å². The van der Waals surface area contributed by atoms with Gasteiger partial charge in [-0.3, -0.25) is 0 Å². The van der Waals surface area contributed by atoms with Gasteiger partial charge in [-0.05, 0) is 31.0 Å². The highest BCUT2D eigenvalue weighted by Gasteiger charge is 2.35. The number of alkyl halides is 3. The molecule has 102 valence electrons. The molecule has 0 bridgehead atoms. The smallest absolute Gasteiger partial charge is 0.417 e. The molecule has 2 N–H and O–H groups in total. The van der Waals surface area contributed by atoms with Crippen LogP contribution in [0.5, 0.6) is 0 Å². The van der Waals surface area contributed by atoms with Crippen molar-refractivity contribution in [2.24, 2.45) is 0 Å². The summed E-state index contributed by atoms with van der Waals surface area (Å²) in [5, 5.41) is 11.7. The van der Waals surface area contributed by atoms with Crippen LogP contribution in [0.2, 0.25) is 0 Å². The summed E-state index contributed by atoms with van der Waals surface area (Å²) in [7, 11) is 0. The Morgan fingerprint density at radius 2 is 1.89 bits per heavy atom. The summed E-state index contributed by atoms with van der Waals surface area (Å²) in [6.45, 7) is 0. The quantitative estimate of drug-likeness (QED) is 0.827. The van der Waals surface area contributed by atoms with Crippen LogP contribution in [0, 0.1) is 0 Å². The van der Waals surface area contributed by atoms with E-state index in [0.29, 0.717) is 0 Å². The summed E-state index contributed by atoms with van der Waals surface area (Å²) < 4.78 is 38.4. The van der Waals surface area contributed by atoms with Gasteiger partial charge in [-0.15, -0.1) is 0 Å². The third kappa shape index (κ3) is 3.07. The van der Waals surface area contributed by atoms with E-state index in [1.54, 1.807) is 0 Å². The van der Waals surface area contributed by atoms with Crippen LogP contribution in [-0.2, 0) is 6.18 Å². The highest BCUT2D eigenvalue weighted by atomic mass is 19.4. The fourth-order valence-corrected chi connectivity index (χ4v) is 2.03. The van der Waals surface area contributed by atoms with Gasteiger partial charge in [-0.25, -0.2) is 4.79 Å². The molecule has 1 aromatic rings. The zero-order valence-electron chi connectivity index (χ0n) is 9.87. The van der Waals surface area contributed by atoms with Crippen molar-refractivity contribution in [2.45, 2.75) is 25.1 Å². The van der Waals surface area contributed by atoms with Gasteiger partial charge < -0.3 is 10.4 Å². The fourth-order valence-electron chi connectivity index (χ4n) is 2.03. The molecule has 0 saturated heterocycles. The van der Waals surface area contributed by atoms with Crippen molar-refractivity contribution in [1.82, 2.24) is 0 Å². The fraction of sp³-hybridized carbons (Fsp3) is 0.308. The summed E-state index contributed by atoms with van der Waals surface area (Å²) in [5.74, 6) is -1.58. The van der Waals surface area contributed by atoms with Gasteiger partial charge in [0, 0.05) is 11.7 Å². The molecule has 0 radical (unpaired) electrons. The monoisotopic (exact) mass is 271 g/mol. The van der Waals surface area contributed by atoms with Crippen LogP contribution in [0.4, 0.5) is 18.9 Å². The molecule has 3 nitrogen and oxygen atoms in total. The predicted octanol–water partition coefficient (Wildman–Crippen LogP) is 3.53. The number of carboxylic acids is 1. The number of aromatic carboxylic acids is 1. The number of carboxylic acid groups (broad SMARTS) is 1. The van der Waals surface area contributed by atoms with Gasteiger partial charge in [0.05, 0.1) is 11.1 Å². The maximum Gasteiger partial charge on any atom is 0.417 e. The Hall–Kier alpha value is -1.98. The lowest BCUT2D eigenvalue weighted by atomic mass is 10.1. The minimum Gasteiger partial charge on any atom is -0.478 e. The number of rotatable bonds is 3. The Bertz CT molecular complexity index is 515. The Balaban J connectivity index is 2.30. The molecule has 0 atom stereocenters. The van der Waals surface area contributed by atoms with E-state index in [-0.39, 0.29) is 11.7 Å². The average molecular weight is 271 g/mol. The number of hydrogen-bond donors (Lipinski definition) is 2. The topological polar surface area (TPSA) is 49.3 Å². The highest BCUT2D eigenvalue weighted by Crippen LogP contribution is 2.34. The maximum absolute atomic E-state index is 12.8. The zero-order chi connectivity index (χ0) is 14.0. The first-order valence-electron chi connectivity index (χ1n) is 5.74. The second-order valence-electron chi connectivity index (χ2n) is 4.35. The molecule has 0 amide bonds. The van der Waals surface area contributed by atoms with E-state index in [1.165, 1.54) is 6.07 Å². The third-order valence-electron chi connectivity index (χ3n) is 2.93. The first kappa shape index (κ1) is 13.5. The van der Waals surface area contributed by atoms with Crippen LogP contribution in [0.1, 0.15) is 28.8 Å².